The molecule has 0 aliphatic heterocycles. The first kappa shape index (κ1) is 97.8. The Morgan fingerprint density at radius 1 is 0.151 bits per heavy atom. The summed E-state index contributed by atoms with van der Waals surface area (Å²) < 4.78 is 18.6. The van der Waals surface area contributed by atoms with Gasteiger partial charge in [-0.05, 0) is 340 Å². The number of nitrogens with zero attached hydrogens (tertiary/aromatic N) is 18. The Morgan fingerprint density at radius 2 is 0.238 bits per heavy atom. The van der Waals surface area contributed by atoms with E-state index in [2.05, 4.69) is 431 Å². The predicted molar refractivity (Wildman–Crippen MR) is 525 cm³/mol. The van der Waals surface area contributed by atoms with Gasteiger partial charge in [0.1, 0.15) is 47.7 Å². The molecule has 0 aliphatic rings. The van der Waals surface area contributed by atoms with Gasteiger partial charge in [-0.25, -0.2) is 45.9 Å². The quantitative estimate of drug-likeness (QED) is 0.0601. The van der Waals surface area contributed by atoms with Crippen molar-refractivity contribution in [2.24, 2.45) is 0 Å². The average molecular weight is 2270 g/mol. The third kappa shape index (κ3) is 24.7. The van der Waals surface area contributed by atoms with Crippen molar-refractivity contribution in [3.63, 3.8) is 0 Å². The van der Waals surface area contributed by atoms with Crippen LogP contribution >= 0.6 is 23.8 Å². The molecule has 0 aliphatic carbocycles. The molecule has 9 aromatic heterocycles. The Labute approximate surface area is 795 Å². The van der Waals surface area contributed by atoms with Gasteiger partial charge in [0.2, 0.25) is 0 Å². The molecule has 0 radical (unpaired) electrons. The minimum Gasteiger partial charge on any atom is -0.400 e. The van der Waals surface area contributed by atoms with Crippen LogP contribution in [0, 0.1) is 125 Å². The minimum atomic E-state index is -1.26. The zero-order chi connectivity index (χ0) is 86.8. The van der Waals surface area contributed by atoms with E-state index in [9.17, 15) is 0 Å². The maximum Gasteiger partial charge on any atom is 1.00 e. The van der Waals surface area contributed by atoms with Gasteiger partial charge in [0.05, 0.1) is 75.0 Å². The van der Waals surface area contributed by atoms with Gasteiger partial charge in [0.15, 0.2) is 0 Å². The molecule has 9 aromatic carbocycles. The molecule has 27 heteroatoms. The van der Waals surface area contributed by atoms with Crippen LogP contribution in [0.25, 0.3) is 0 Å². The number of benzene rings is 9. The molecule has 0 amide bonds. The van der Waals surface area contributed by atoms with E-state index in [0.29, 0.717) is 0 Å². The summed E-state index contributed by atoms with van der Waals surface area (Å²) in [6.07, 6.45) is 0. The fourth-order valence-electron chi connectivity index (χ4n) is 16.7. The van der Waals surface area contributed by atoms with Gasteiger partial charge < -0.3 is 41.3 Å². The van der Waals surface area contributed by atoms with Crippen molar-refractivity contribution >= 4 is 92.9 Å². The van der Waals surface area contributed by atoms with Crippen LogP contribution in [0.1, 0.15) is 102 Å². The van der Waals surface area contributed by atoms with E-state index in [0.717, 1.165) is 102 Å². The molecule has 0 unspecified atom stereocenters. The summed E-state index contributed by atoms with van der Waals surface area (Å²) in [5.74, 6) is 0. The van der Waals surface area contributed by atoms with E-state index in [4.69, 9.17) is 45.9 Å². The van der Waals surface area contributed by atoms with Crippen LogP contribution in [0.15, 0.2) is 328 Å². The number of rotatable bonds is 18. The zero-order valence-electron chi connectivity index (χ0n) is 75.3. The topological polar surface area (TPSA) is 160 Å². The summed E-state index contributed by atoms with van der Waals surface area (Å²) in [5.41, 5.74) is 19.2. The smallest absolute Gasteiger partial charge is 0.400 e. The first-order valence-corrected chi connectivity index (χ1v) is 46.8. The van der Waals surface area contributed by atoms with E-state index in [1.54, 1.807) is 0 Å². The standard InChI is InChI=1S/3C18H15P.3C15H22BN6.3Au/c3*1-4-10-16(11-5-1)19(17-12-6-2-7-13-17)18-14-8-3-9-15-18;3*1-10-7-13(4)20(17-10)16(21-14(5)8-11(2)18-21)22-15(6)9-12(3)19-22;;;/h3*1-15H;3*7-9,16H,1-6H3;;;/q;;;3*-1;3*+1/p+3. The van der Waals surface area contributed by atoms with Crippen LogP contribution in [0.4, 0.5) is 0 Å². The first-order chi connectivity index (χ1) is 59.4. The molecule has 9 heterocycles. The number of hydrogen-bond donors (Lipinski definition) is 0. The average Bonchev–Trinajstić information content (AvgIpc) is 1.64. The van der Waals surface area contributed by atoms with Crippen LogP contribution in [0.2, 0.25) is 0 Å². The van der Waals surface area contributed by atoms with Crippen molar-refractivity contribution in [2.75, 3.05) is 0 Å². The van der Waals surface area contributed by atoms with Crippen molar-refractivity contribution in [3.05, 3.63) is 430 Å². The molecule has 0 N–H and O–H groups in total. The van der Waals surface area contributed by atoms with Crippen LogP contribution in [0.3, 0.4) is 0 Å². The van der Waals surface area contributed by atoms with Crippen molar-refractivity contribution in [2.45, 2.75) is 125 Å². The molecule has 0 fully saturated rings. The fourth-order valence-corrected chi connectivity index (χ4v) is 24.5. The maximum absolute atomic E-state index is 4.70. The molecule has 0 saturated heterocycles. The Balaban J connectivity index is 0.000000157. The second-order valence-electron chi connectivity index (χ2n) is 32.0. The minimum absolute atomic E-state index is 0. The Kier molecular flexibility index (Phi) is 36.0. The number of aryl methyl sites for hydroxylation is 18. The molecule has 18 nitrogen and oxygen atoms in total. The fraction of sp³-hybridized carbons (Fsp3) is 0.182. The van der Waals surface area contributed by atoms with Gasteiger partial charge >= 0.3 is 88.5 Å². The molecule has 0 saturated carbocycles. The SMILES string of the molecule is Cc1cc(C)n([BH-](n2nc(C)cc2C)n2nc(C)cc2C)n1.Cc1cc(C)n([BH-](n2nc(C)cc2C)n2nc(C)cc2C)n1.Cc1cc(C)n([BH-](n2nc(C)cc2C)n2nc(C)cc2C)n1.[Au+].[Au+].[Au+].c1ccc([PH+](c2ccccc2)c2ccccc2)cc1.c1ccc([PH+](c2ccccc2)c2ccccc2)cc1.c1ccc([PH+](c2ccccc2)c2ccccc2)cc1. The molecular formula is C99H114Au3B3N18P3+3. The normalized spacial score (nSPS) is 10.9. The summed E-state index contributed by atoms with van der Waals surface area (Å²) in [5, 5.41) is 55.2. The van der Waals surface area contributed by atoms with E-state index >= 15 is 0 Å². The van der Waals surface area contributed by atoms with Crippen LogP contribution in [-0.4, -0.2) is 109 Å². The van der Waals surface area contributed by atoms with Crippen LogP contribution in [-0.2, 0) is 67.1 Å². The van der Waals surface area contributed by atoms with E-state index in [1.807, 2.05) is 62.3 Å². The van der Waals surface area contributed by atoms with Crippen molar-refractivity contribution in [3.8, 4) is 0 Å². The summed E-state index contributed by atoms with van der Waals surface area (Å²) >= 11 is 0. The van der Waals surface area contributed by atoms with Crippen LogP contribution < -0.4 is 47.7 Å². The summed E-state index contributed by atoms with van der Waals surface area (Å²) in [6, 6.07) is 116. The van der Waals surface area contributed by atoms with Gasteiger partial charge in [0.25, 0.3) is 0 Å². The van der Waals surface area contributed by atoms with Gasteiger partial charge in [-0.2, -0.15) is 0 Å². The summed E-state index contributed by atoms with van der Waals surface area (Å²) in [7, 11) is -6.41. The summed E-state index contributed by atoms with van der Waals surface area (Å²) in [6.45, 7) is 36.9. The van der Waals surface area contributed by atoms with Crippen molar-refractivity contribution in [1.82, 2.24) is 87.2 Å². The van der Waals surface area contributed by atoms with Crippen molar-refractivity contribution < 1.29 is 67.1 Å². The molecule has 126 heavy (non-hydrogen) atoms. The van der Waals surface area contributed by atoms with Crippen LogP contribution in [0.5, 0.6) is 0 Å². The largest absolute Gasteiger partial charge is 1.00 e. The first-order valence-electron chi connectivity index (χ1n) is 42.3. The molecule has 0 spiro atoms. The van der Waals surface area contributed by atoms with E-state index < -0.39 is 45.1 Å². The van der Waals surface area contributed by atoms with E-state index in [-0.39, 0.29) is 67.1 Å². The Bertz CT molecular complexity index is 5140. The third-order valence-corrected chi connectivity index (χ3v) is 30.1. The molecular weight excluding hydrogens is 2160 g/mol. The maximum atomic E-state index is 4.70. The van der Waals surface area contributed by atoms with Crippen molar-refractivity contribution in [1.29, 1.82) is 0 Å². The van der Waals surface area contributed by atoms with Gasteiger partial charge in [0, 0.05) is 0 Å². The zero-order valence-corrected chi connectivity index (χ0v) is 84.8. The van der Waals surface area contributed by atoms with E-state index in [1.165, 1.54) is 47.7 Å². The molecule has 654 valence electrons. The molecule has 0 bridgehead atoms. The second kappa shape index (κ2) is 46.3. The van der Waals surface area contributed by atoms with Gasteiger partial charge in [-0.15, -0.1) is 0 Å². The number of aromatic nitrogens is 18. The summed E-state index contributed by atoms with van der Waals surface area (Å²) in [4.78, 5) is 0. The Hall–Kier alpha value is -10.4. The monoisotopic (exact) mass is 2270 g/mol. The van der Waals surface area contributed by atoms with Gasteiger partial charge in [-0.1, -0.05) is 164 Å². The number of hydrogen-bond acceptors (Lipinski definition) is 9. The second-order valence-corrected chi connectivity index (χ2v) is 39.5. The molecule has 18 aromatic rings. The molecule has 0 atom stereocenters. The third-order valence-electron chi connectivity index (χ3n) is 21.9. The molecule has 18 rings (SSSR count). The predicted octanol–water partition coefficient (Wildman–Crippen LogP) is 14.9. The Morgan fingerprint density at radius 3 is 0.310 bits per heavy atom. The van der Waals surface area contributed by atoms with Gasteiger partial charge in [-0.3, -0.25) is 0 Å².